The summed E-state index contributed by atoms with van der Waals surface area (Å²) in [7, 11) is 0. The minimum absolute atomic E-state index is 1.54. The molecule has 0 aromatic carbocycles. The number of rotatable bonds is 1. The van der Waals surface area contributed by atoms with Crippen LogP contribution in [0.1, 0.15) is 0 Å². The van der Waals surface area contributed by atoms with Crippen molar-refractivity contribution in [1.29, 1.82) is 0 Å². The van der Waals surface area contributed by atoms with E-state index in [0.29, 0.717) is 0 Å². The standard InChI is InChI=1S/H4N2OS/c3-1-2-4/h1-4H. The van der Waals surface area contributed by atoms with E-state index in [1.807, 2.05) is 4.83 Å². The summed E-state index contributed by atoms with van der Waals surface area (Å²) in [5, 5.41) is 7.44. The molecule has 4 heteroatoms. The maximum absolute atomic E-state index is 7.44. The van der Waals surface area contributed by atoms with E-state index >= 15 is 0 Å². The molecule has 0 aliphatic heterocycles. The van der Waals surface area contributed by atoms with Gasteiger partial charge in [-0.3, -0.25) is 0 Å². The molecule has 0 spiro atoms. The van der Waals surface area contributed by atoms with Gasteiger partial charge in [-0.15, -0.1) is 5.59 Å². The van der Waals surface area contributed by atoms with Gasteiger partial charge >= 0.3 is 0 Å². The van der Waals surface area contributed by atoms with Crippen LogP contribution in [0.4, 0.5) is 0 Å². The summed E-state index contributed by atoms with van der Waals surface area (Å²) >= 11 is 3.31. The zero-order valence-corrected chi connectivity index (χ0v) is 2.79. The van der Waals surface area contributed by atoms with Crippen molar-refractivity contribution in [1.82, 2.24) is 10.4 Å². The van der Waals surface area contributed by atoms with Crippen molar-refractivity contribution in [3.63, 3.8) is 0 Å². The molecule has 0 heterocycles. The normalized spacial score (nSPS) is 7.50. The lowest BCUT2D eigenvalue weighted by Gasteiger charge is -1.79. The van der Waals surface area contributed by atoms with E-state index in [1.165, 1.54) is 0 Å². The maximum Gasteiger partial charge on any atom is -0.0820 e. The molecule has 4 heavy (non-hydrogen) atoms. The molecule has 0 saturated heterocycles. The SMILES string of the molecule is ONNS. The highest BCUT2D eigenvalue weighted by Gasteiger charge is 1.46. The zero-order chi connectivity index (χ0) is 3.41. The van der Waals surface area contributed by atoms with Crippen molar-refractivity contribution in [2.75, 3.05) is 0 Å². The summed E-state index contributed by atoms with van der Waals surface area (Å²) in [6.45, 7) is 0. The van der Waals surface area contributed by atoms with E-state index in [-0.39, 0.29) is 0 Å². The summed E-state index contributed by atoms with van der Waals surface area (Å²) in [5.74, 6) is 0. The van der Waals surface area contributed by atoms with Crippen LogP contribution in [0.5, 0.6) is 0 Å². The van der Waals surface area contributed by atoms with E-state index in [2.05, 4.69) is 12.8 Å². The lowest BCUT2D eigenvalue weighted by Crippen LogP contribution is -2.16. The molecule has 0 aliphatic carbocycles. The fourth-order valence-corrected chi connectivity index (χ4v) is 0. The van der Waals surface area contributed by atoms with Crippen LogP contribution < -0.4 is 10.4 Å². The summed E-state index contributed by atoms with van der Waals surface area (Å²) in [6.07, 6.45) is 0. The summed E-state index contributed by atoms with van der Waals surface area (Å²) in [5.41, 5.74) is 1.54. The molecule has 26 valence electrons. The van der Waals surface area contributed by atoms with Crippen molar-refractivity contribution in [3.8, 4) is 0 Å². The molecule has 3 nitrogen and oxygen atoms in total. The van der Waals surface area contributed by atoms with E-state index in [1.54, 1.807) is 5.59 Å². The van der Waals surface area contributed by atoms with Crippen molar-refractivity contribution < 1.29 is 5.21 Å². The average molecular weight is 80.1 g/mol. The van der Waals surface area contributed by atoms with Gasteiger partial charge < -0.3 is 5.21 Å². The molecule has 0 aliphatic rings. The Morgan fingerprint density at radius 2 is 2.00 bits per heavy atom. The monoisotopic (exact) mass is 80.0 g/mol. The van der Waals surface area contributed by atoms with Gasteiger partial charge in [0.1, 0.15) is 0 Å². The number of hydrogen-bond donors (Lipinski definition) is 4. The lowest BCUT2D eigenvalue weighted by molar-refractivity contribution is 0.153. The van der Waals surface area contributed by atoms with Gasteiger partial charge in [0.05, 0.1) is 0 Å². The molecule has 0 fully saturated rings. The van der Waals surface area contributed by atoms with Crippen LogP contribution in [0.25, 0.3) is 0 Å². The van der Waals surface area contributed by atoms with Gasteiger partial charge in [-0.1, -0.05) is 12.8 Å². The minimum atomic E-state index is 1.54. The lowest BCUT2D eigenvalue weighted by atomic mass is 12.8. The van der Waals surface area contributed by atoms with Gasteiger partial charge in [-0.05, 0) is 0 Å². The summed E-state index contributed by atoms with van der Waals surface area (Å²) in [6, 6.07) is 0. The predicted molar refractivity (Wildman–Crippen MR) is 17.0 cm³/mol. The Labute approximate surface area is 29.5 Å². The predicted octanol–water partition coefficient (Wildman–Crippen LogP) is -0.685. The molecule has 0 saturated carbocycles. The molecular formula is H4N2OS. The van der Waals surface area contributed by atoms with Crippen LogP contribution in [0, 0.1) is 0 Å². The van der Waals surface area contributed by atoms with Gasteiger partial charge in [0, 0.05) is 0 Å². The average Bonchev–Trinajstić information content (AvgIpc) is 1.37. The Kier molecular flexibility index (Phi) is 3.42. The second-order valence-corrected chi connectivity index (χ2v) is 0.447. The molecule has 0 radical (unpaired) electrons. The molecule has 3 N–H and O–H groups in total. The Morgan fingerprint density at radius 1 is 1.75 bits per heavy atom. The molecule has 0 amide bonds. The molecule has 0 bridgehead atoms. The third-order valence-corrected chi connectivity index (χ3v) is 0.150. The zero-order valence-electron chi connectivity index (χ0n) is 1.89. The number of nitrogens with one attached hydrogen (secondary N) is 2. The highest BCUT2D eigenvalue weighted by Crippen LogP contribution is 1.37. The molecular weight excluding hydrogens is 76.1 g/mol. The van der Waals surface area contributed by atoms with Gasteiger partial charge in [-0.2, -0.15) is 4.83 Å². The first-order chi connectivity index (χ1) is 1.91. The van der Waals surface area contributed by atoms with Crippen LogP contribution in [0.15, 0.2) is 0 Å². The molecule has 0 unspecified atom stereocenters. The molecule has 0 atom stereocenters. The van der Waals surface area contributed by atoms with Crippen LogP contribution in [0.3, 0.4) is 0 Å². The second kappa shape index (κ2) is 3.23. The minimum Gasteiger partial charge on any atom is -0.301 e. The van der Waals surface area contributed by atoms with Crippen LogP contribution in [-0.2, 0) is 0 Å². The third kappa shape index (κ3) is 2.23. The number of thiol groups is 1. The summed E-state index contributed by atoms with van der Waals surface area (Å²) in [4.78, 5) is 1.93. The Balaban J connectivity index is 1.97. The van der Waals surface area contributed by atoms with Crippen molar-refractivity contribution in [2.24, 2.45) is 0 Å². The van der Waals surface area contributed by atoms with Crippen LogP contribution in [-0.4, -0.2) is 5.21 Å². The van der Waals surface area contributed by atoms with E-state index in [4.69, 9.17) is 5.21 Å². The highest BCUT2D eigenvalue weighted by molar-refractivity contribution is 7.78. The first kappa shape index (κ1) is 4.23. The quantitative estimate of drug-likeness (QED) is 0.249. The smallest absolute Gasteiger partial charge is 0.0820 e. The maximum atomic E-state index is 7.44. The number of hydrazine groups is 1. The van der Waals surface area contributed by atoms with E-state index in [9.17, 15) is 0 Å². The number of hydrogen-bond acceptors (Lipinski definition) is 4. The molecule has 0 rings (SSSR count). The fraction of sp³-hybridized carbons (Fsp3) is 0. The van der Waals surface area contributed by atoms with Crippen molar-refractivity contribution in [3.05, 3.63) is 0 Å². The largest absolute Gasteiger partial charge is 0.301 e. The molecule has 0 aromatic heterocycles. The fourth-order valence-electron chi connectivity index (χ4n) is 0. The van der Waals surface area contributed by atoms with Crippen LogP contribution >= 0.6 is 12.8 Å². The van der Waals surface area contributed by atoms with Crippen molar-refractivity contribution >= 4 is 12.8 Å². The third-order valence-electron chi connectivity index (χ3n) is 0.0500. The van der Waals surface area contributed by atoms with Gasteiger partial charge in [0.25, 0.3) is 0 Å². The Bertz CT molecular complexity index is 8.00. The van der Waals surface area contributed by atoms with Crippen LogP contribution in [0.2, 0.25) is 0 Å². The second-order valence-electron chi connectivity index (χ2n) is 0.224. The Morgan fingerprint density at radius 3 is 2.00 bits per heavy atom. The molecule has 0 aromatic rings. The van der Waals surface area contributed by atoms with E-state index in [0.717, 1.165) is 0 Å². The first-order valence-electron chi connectivity index (χ1n) is 0.697. The first-order valence-corrected chi connectivity index (χ1v) is 1.14. The van der Waals surface area contributed by atoms with Gasteiger partial charge in [0.15, 0.2) is 0 Å². The highest BCUT2D eigenvalue weighted by atomic mass is 32.1. The van der Waals surface area contributed by atoms with E-state index < -0.39 is 0 Å². The van der Waals surface area contributed by atoms with Gasteiger partial charge in [-0.25, -0.2) is 0 Å². The van der Waals surface area contributed by atoms with Gasteiger partial charge in [0.2, 0.25) is 0 Å². The Hall–Kier alpha value is 0.230. The summed E-state index contributed by atoms with van der Waals surface area (Å²) < 4.78 is 0. The van der Waals surface area contributed by atoms with Crippen molar-refractivity contribution in [2.45, 2.75) is 0 Å². The topological polar surface area (TPSA) is 44.3 Å².